The van der Waals surface area contributed by atoms with Crippen molar-refractivity contribution in [3.63, 3.8) is 0 Å². The van der Waals surface area contributed by atoms with Gasteiger partial charge in [-0.1, -0.05) is 12.1 Å². The van der Waals surface area contributed by atoms with Crippen LogP contribution in [0.1, 0.15) is 15.9 Å². The Morgan fingerprint density at radius 1 is 1.32 bits per heavy atom. The average molecular weight is 253 g/mol. The molecule has 0 fully saturated rings. The van der Waals surface area contributed by atoms with Gasteiger partial charge in [0.1, 0.15) is 11.6 Å². The molecular formula is C14H11N3O2. The van der Waals surface area contributed by atoms with Gasteiger partial charge in [0.25, 0.3) is 5.91 Å². The number of para-hydroxylation sites is 1. The SMILES string of the molecule is COc1ncccc1C(=O)Nc1ccccc1C#N. The van der Waals surface area contributed by atoms with Gasteiger partial charge in [-0.2, -0.15) is 5.26 Å². The quantitative estimate of drug-likeness (QED) is 0.910. The first kappa shape index (κ1) is 12.6. The third-order valence-electron chi connectivity index (χ3n) is 2.50. The minimum absolute atomic E-state index is 0.245. The Morgan fingerprint density at radius 2 is 2.11 bits per heavy atom. The van der Waals surface area contributed by atoms with E-state index in [-0.39, 0.29) is 11.8 Å². The number of anilines is 1. The normalized spacial score (nSPS) is 9.47. The number of nitrogens with zero attached hydrogens (tertiary/aromatic N) is 2. The molecule has 0 radical (unpaired) electrons. The molecule has 0 saturated carbocycles. The maximum absolute atomic E-state index is 12.1. The monoisotopic (exact) mass is 253 g/mol. The van der Waals surface area contributed by atoms with Crippen molar-refractivity contribution in [3.05, 3.63) is 53.7 Å². The molecule has 1 amide bonds. The summed E-state index contributed by atoms with van der Waals surface area (Å²) in [6.07, 6.45) is 1.54. The maximum atomic E-state index is 12.1. The van der Waals surface area contributed by atoms with Crippen LogP contribution in [0.4, 0.5) is 5.69 Å². The molecular weight excluding hydrogens is 242 g/mol. The van der Waals surface area contributed by atoms with Crippen LogP contribution in [0.25, 0.3) is 0 Å². The Morgan fingerprint density at radius 3 is 2.84 bits per heavy atom. The van der Waals surface area contributed by atoms with Gasteiger partial charge in [0.05, 0.1) is 18.4 Å². The molecule has 0 bridgehead atoms. The highest BCUT2D eigenvalue weighted by atomic mass is 16.5. The van der Waals surface area contributed by atoms with Crippen molar-refractivity contribution < 1.29 is 9.53 Å². The molecule has 0 aliphatic carbocycles. The van der Waals surface area contributed by atoms with Crippen molar-refractivity contribution in [1.29, 1.82) is 5.26 Å². The van der Waals surface area contributed by atoms with Crippen LogP contribution in [0.2, 0.25) is 0 Å². The van der Waals surface area contributed by atoms with E-state index in [0.717, 1.165) is 0 Å². The summed E-state index contributed by atoms with van der Waals surface area (Å²) in [6.45, 7) is 0. The van der Waals surface area contributed by atoms with E-state index in [4.69, 9.17) is 10.00 Å². The Bertz CT molecular complexity index is 647. The van der Waals surface area contributed by atoms with Crippen LogP contribution in [0, 0.1) is 11.3 Å². The number of methoxy groups -OCH3 is 1. The van der Waals surface area contributed by atoms with Gasteiger partial charge in [0.2, 0.25) is 5.88 Å². The number of rotatable bonds is 3. The van der Waals surface area contributed by atoms with Crippen molar-refractivity contribution in [1.82, 2.24) is 4.98 Å². The summed E-state index contributed by atoms with van der Waals surface area (Å²) < 4.78 is 5.02. The molecule has 19 heavy (non-hydrogen) atoms. The number of pyridine rings is 1. The molecule has 2 rings (SSSR count). The Hall–Kier alpha value is -2.87. The minimum atomic E-state index is -0.368. The third-order valence-corrected chi connectivity index (χ3v) is 2.50. The standard InChI is InChI=1S/C14H11N3O2/c1-19-14-11(6-4-8-16-14)13(18)17-12-7-3-2-5-10(12)9-15/h2-8H,1H3,(H,17,18). The summed E-state index contributed by atoms with van der Waals surface area (Å²) in [5.41, 5.74) is 1.18. The van der Waals surface area contributed by atoms with Crippen LogP contribution in [0.15, 0.2) is 42.6 Å². The molecule has 0 unspecified atom stereocenters. The van der Waals surface area contributed by atoms with Gasteiger partial charge in [-0.05, 0) is 24.3 Å². The molecule has 0 aliphatic heterocycles. The van der Waals surface area contributed by atoms with Crippen molar-refractivity contribution in [2.75, 3.05) is 12.4 Å². The van der Waals surface area contributed by atoms with Gasteiger partial charge in [-0.25, -0.2) is 4.98 Å². The summed E-state index contributed by atoms with van der Waals surface area (Å²) in [7, 11) is 1.45. The Kier molecular flexibility index (Phi) is 3.74. The van der Waals surface area contributed by atoms with E-state index in [1.165, 1.54) is 7.11 Å². The van der Waals surface area contributed by atoms with E-state index in [1.807, 2.05) is 6.07 Å². The van der Waals surface area contributed by atoms with Crippen LogP contribution < -0.4 is 10.1 Å². The lowest BCUT2D eigenvalue weighted by molar-refractivity contribution is 0.102. The van der Waals surface area contributed by atoms with Crippen molar-refractivity contribution >= 4 is 11.6 Å². The molecule has 5 heteroatoms. The zero-order chi connectivity index (χ0) is 13.7. The summed E-state index contributed by atoms with van der Waals surface area (Å²) in [5.74, 6) is -0.123. The number of carbonyl (C=O) groups excluding carboxylic acids is 1. The highest BCUT2D eigenvalue weighted by molar-refractivity contribution is 6.06. The van der Waals surface area contributed by atoms with Gasteiger partial charge in [-0.15, -0.1) is 0 Å². The molecule has 2 aromatic rings. The fourth-order valence-electron chi connectivity index (χ4n) is 1.61. The lowest BCUT2D eigenvalue weighted by Crippen LogP contribution is -2.14. The highest BCUT2D eigenvalue weighted by Crippen LogP contribution is 2.18. The summed E-state index contributed by atoms with van der Waals surface area (Å²) in [6, 6.07) is 12.1. The van der Waals surface area contributed by atoms with Gasteiger partial charge in [0.15, 0.2) is 0 Å². The largest absolute Gasteiger partial charge is 0.480 e. The lowest BCUT2D eigenvalue weighted by Gasteiger charge is -2.09. The lowest BCUT2D eigenvalue weighted by atomic mass is 10.2. The second kappa shape index (κ2) is 5.65. The third kappa shape index (κ3) is 2.69. The number of benzene rings is 1. The number of nitriles is 1. The van der Waals surface area contributed by atoms with E-state index in [1.54, 1.807) is 42.6 Å². The van der Waals surface area contributed by atoms with Crippen molar-refractivity contribution in [2.45, 2.75) is 0 Å². The molecule has 0 saturated heterocycles. The van der Waals surface area contributed by atoms with E-state index < -0.39 is 0 Å². The first-order valence-corrected chi connectivity index (χ1v) is 5.55. The molecule has 1 aromatic heterocycles. The predicted octanol–water partition coefficient (Wildman–Crippen LogP) is 2.21. The maximum Gasteiger partial charge on any atom is 0.261 e. The molecule has 94 valence electrons. The number of ether oxygens (including phenoxy) is 1. The second-order valence-corrected chi connectivity index (χ2v) is 3.67. The van der Waals surface area contributed by atoms with Gasteiger partial charge < -0.3 is 10.1 Å². The first-order valence-electron chi connectivity index (χ1n) is 5.55. The smallest absolute Gasteiger partial charge is 0.261 e. The molecule has 1 heterocycles. The summed E-state index contributed by atoms with van der Waals surface area (Å²) >= 11 is 0. The van der Waals surface area contributed by atoms with Crippen molar-refractivity contribution in [3.8, 4) is 11.9 Å². The van der Waals surface area contributed by atoms with Crippen molar-refractivity contribution in [2.24, 2.45) is 0 Å². The molecule has 0 spiro atoms. The molecule has 1 N–H and O–H groups in total. The fraction of sp³-hybridized carbons (Fsp3) is 0.0714. The van der Waals surface area contributed by atoms with E-state index in [9.17, 15) is 4.79 Å². The number of hydrogen-bond acceptors (Lipinski definition) is 4. The zero-order valence-corrected chi connectivity index (χ0v) is 10.3. The van der Waals surface area contributed by atoms with Crippen LogP contribution in [0.5, 0.6) is 5.88 Å². The van der Waals surface area contributed by atoms with Crippen LogP contribution in [0.3, 0.4) is 0 Å². The molecule has 5 nitrogen and oxygen atoms in total. The summed E-state index contributed by atoms with van der Waals surface area (Å²) in [4.78, 5) is 16.1. The number of carbonyl (C=O) groups is 1. The first-order chi connectivity index (χ1) is 9.26. The topological polar surface area (TPSA) is 75.0 Å². The zero-order valence-electron chi connectivity index (χ0n) is 10.3. The van der Waals surface area contributed by atoms with Gasteiger partial charge in [-0.3, -0.25) is 4.79 Å². The predicted molar refractivity (Wildman–Crippen MR) is 69.9 cm³/mol. The minimum Gasteiger partial charge on any atom is -0.480 e. The number of amides is 1. The fourth-order valence-corrected chi connectivity index (χ4v) is 1.61. The van der Waals surface area contributed by atoms with E-state index in [0.29, 0.717) is 16.8 Å². The number of nitrogens with one attached hydrogen (secondary N) is 1. The number of aromatic nitrogens is 1. The van der Waals surface area contributed by atoms with Crippen LogP contribution in [-0.2, 0) is 0 Å². The number of hydrogen-bond donors (Lipinski definition) is 1. The van der Waals surface area contributed by atoms with Crippen LogP contribution in [-0.4, -0.2) is 18.0 Å². The second-order valence-electron chi connectivity index (χ2n) is 3.67. The van der Waals surface area contributed by atoms with Gasteiger partial charge >= 0.3 is 0 Å². The molecule has 1 aromatic carbocycles. The van der Waals surface area contributed by atoms with Crippen LogP contribution >= 0.6 is 0 Å². The highest BCUT2D eigenvalue weighted by Gasteiger charge is 2.14. The van der Waals surface area contributed by atoms with E-state index in [2.05, 4.69) is 10.3 Å². The molecule has 0 atom stereocenters. The Labute approximate surface area is 110 Å². The molecule has 0 aliphatic rings. The Balaban J connectivity index is 2.29. The average Bonchev–Trinajstić information content (AvgIpc) is 2.47. The van der Waals surface area contributed by atoms with Gasteiger partial charge in [0, 0.05) is 6.20 Å². The summed E-state index contributed by atoms with van der Waals surface area (Å²) in [5, 5.41) is 11.6. The van der Waals surface area contributed by atoms with E-state index >= 15 is 0 Å².